The predicted molar refractivity (Wildman–Crippen MR) is 188 cm³/mol. The normalized spacial score (nSPS) is 11.5. The standard InChI is InChI=1S/C37H34ClN3O5S/c1-47(43,44)41(38)30-14-12-29(13-15-30)37(42)24-39-20-21-45-32-16-18-33-34-22-31(46-26-28-10-6-3-7-11-28)17-19-35(34)40(36(33)23-32)25-27-8-4-2-5-9-27/h2-19,22-23,39H,20-21,24-26H2,1H3. The molecule has 0 saturated heterocycles. The molecule has 10 heteroatoms. The SMILES string of the molecule is CS(=O)(=O)N(Cl)c1ccc(C(=O)CNCCOc2ccc3c4cc(OCc5ccccc5)ccc4n(Cc4ccccc4)c3c2)cc1. The number of rotatable bonds is 14. The topological polar surface area (TPSA) is 89.9 Å². The molecular formula is C37H34ClN3O5S. The summed E-state index contributed by atoms with van der Waals surface area (Å²) in [5.74, 6) is 1.42. The fraction of sp³-hybridized carbons (Fsp3) is 0.162. The smallest absolute Gasteiger partial charge is 0.246 e. The van der Waals surface area contributed by atoms with Gasteiger partial charge in [0.05, 0.1) is 24.0 Å². The van der Waals surface area contributed by atoms with Crippen molar-refractivity contribution in [1.29, 1.82) is 0 Å². The molecule has 0 aliphatic heterocycles. The van der Waals surface area contributed by atoms with E-state index in [1.54, 1.807) is 12.1 Å². The Morgan fingerprint density at radius 1 is 0.766 bits per heavy atom. The minimum Gasteiger partial charge on any atom is -0.492 e. The summed E-state index contributed by atoms with van der Waals surface area (Å²) < 4.78 is 38.5. The van der Waals surface area contributed by atoms with Crippen molar-refractivity contribution in [2.45, 2.75) is 13.2 Å². The number of benzene rings is 5. The number of carbonyl (C=O) groups excluding carboxylic acids is 1. The van der Waals surface area contributed by atoms with Gasteiger partial charge in [-0.2, -0.15) is 3.82 Å². The first-order valence-electron chi connectivity index (χ1n) is 15.2. The van der Waals surface area contributed by atoms with Crippen LogP contribution >= 0.6 is 11.8 Å². The van der Waals surface area contributed by atoms with E-state index in [2.05, 4.69) is 58.4 Å². The highest BCUT2D eigenvalue weighted by Gasteiger charge is 2.16. The van der Waals surface area contributed by atoms with E-state index >= 15 is 0 Å². The summed E-state index contributed by atoms with van der Waals surface area (Å²) in [6.45, 7) is 2.13. The second-order valence-corrected chi connectivity index (χ2v) is 13.5. The molecule has 5 aromatic carbocycles. The van der Waals surface area contributed by atoms with Crippen molar-refractivity contribution in [3.05, 3.63) is 138 Å². The van der Waals surface area contributed by atoms with E-state index in [-0.39, 0.29) is 18.0 Å². The highest BCUT2D eigenvalue weighted by molar-refractivity contribution is 7.93. The number of ketones is 1. The molecule has 47 heavy (non-hydrogen) atoms. The van der Waals surface area contributed by atoms with Crippen LogP contribution in [0.25, 0.3) is 21.8 Å². The zero-order valence-corrected chi connectivity index (χ0v) is 27.4. The second kappa shape index (κ2) is 14.3. The Morgan fingerprint density at radius 3 is 2.13 bits per heavy atom. The number of hydrogen-bond donors (Lipinski definition) is 1. The zero-order chi connectivity index (χ0) is 32.8. The molecule has 0 aliphatic rings. The van der Waals surface area contributed by atoms with Crippen LogP contribution in [0, 0.1) is 0 Å². The van der Waals surface area contributed by atoms with E-state index in [1.165, 1.54) is 17.7 Å². The van der Waals surface area contributed by atoms with Crippen LogP contribution in [0.1, 0.15) is 21.5 Å². The van der Waals surface area contributed by atoms with Gasteiger partial charge in [0, 0.05) is 52.8 Å². The van der Waals surface area contributed by atoms with Crippen LogP contribution in [0.5, 0.6) is 11.5 Å². The van der Waals surface area contributed by atoms with Gasteiger partial charge in [-0.05, 0) is 65.7 Å². The summed E-state index contributed by atoms with van der Waals surface area (Å²) in [4.78, 5) is 12.6. The molecule has 1 aromatic heterocycles. The number of aromatic nitrogens is 1. The van der Waals surface area contributed by atoms with Crippen LogP contribution in [0.15, 0.2) is 121 Å². The Labute approximate surface area is 279 Å². The highest BCUT2D eigenvalue weighted by atomic mass is 35.5. The molecule has 6 rings (SSSR count). The lowest BCUT2D eigenvalue weighted by molar-refractivity contribution is 0.0990. The molecule has 1 heterocycles. The minimum absolute atomic E-state index is 0.110. The molecule has 0 fully saturated rings. The number of nitrogens with zero attached hydrogens (tertiary/aromatic N) is 2. The lowest BCUT2D eigenvalue weighted by Crippen LogP contribution is -2.27. The quantitative estimate of drug-likeness (QED) is 0.0751. The fourth-order valence-electron chi connectivity index (χ4n) is 5.42. The fourth-order valence-corrected chi connectivity index (χ4v) is 6.03. The monoisotopic (exact) mass is 667 g/mol. The molecule has 6 aromatic rings. The van der Waals surface area contributed by atoms with E-state index in [9.17, 15) is 13.2 Å². The number of sulfonamides is 1. The molecule has 0 radical (unpaired) electrons. The zero-order valence-electron chi connectivity index (χ0n) is 25.8. The summed E-state index contributed by atoms with van der Waals surface area (Å²) in [5.41, 5.74) is 5.19. The summed E-state index contributed by atoms with van der Waals surface area (Å²) in [6, 6.07) is 38.9. The van der Waals surface area contributed by atoms with E-state index in [0.29, 0.717) is 35.7 Å². The van der Waals surface area contributed by atoms with Crippen LogP contribution in [0.2, 0.25) is 0 Å². The maximum absolute atomic E-state index is 12.6. The Bertz CT molecular complexity index is 2100. The Balaban J connectivity index is 1.13. The number of halogens is 1. The Hall–Kier alpha value is -4.83. The van der Waals surface area contributed by atoms with Crippen LogP contribution in [0.3, 0.4) is 0 Å². The maximum atomic E-state index is 12.6. The van der Waals surface area contributed by atoms with Gasteiger partial charge in [0.15, 0.2) is 5.78 Å². The van der Waals surface area contributed by atoms with Crippen LogP contribution < -0.4 is 18.6 Å². The predicted octanol–water partition coefficient (Wildman–Crippen LogP) is 7.19. The van der Waals surface area contributed by atoms with Crippen molar-refractivity contribution < 1.29 is 22.7 Å². The molecule has 240 valence electrons. The van der Waals surface area contributed by atoms with E-state index in [1.807, 2.05) is 48.5 Å². The molecule has 0 saturated carbocycles. The molecule has 0 spiro atoms. The van der Waals surface area contributed by atoms with Crippen LogP contribution in [-0.4, -0.2) is 44.7 Å². The third kappa shape index (κ3) is 7.77. The first-order valence-corrected chi connectivity index (χ1v) is 17.3. The molecule has 1 N–H and O–H groups in total. The van der Waals surface area contributed by atoms with Crippen molar-refractivity contribution in [2.75, 3.05) is 29.8 Å². The van der Waals surface area contributed by atoms with Crippen LogP contribution in [0.4, 0.5) is 5.69 Å². The van der Waals surface area contributed by atoms with Crippen molar-refractivity contribution >= 4 is 55.1 Å². The van der Waals surface area contributed by atoms with Gasteiger partial charge in [0.1, 0.15) is 24.7 Å². The molecule has 8 nitrogen and oxygen atoms in total. The van der Waals surface area contributed by atoms with Gasteiger partial charge in [0.2, 0.25) is 10.0 Å². The van der Waals surface area contributed by atoms with Crippen LogP contribution in [-0.2, 0) is 23.2 Å². The number of nitrogens with one attached hydrogen (secondary N) is 1. The number of carbonyl (C=O) groups is 1. The second-order valence-electron chi connectivity index (χ2n) is 11.2. The van der Waals surface area contributed by atoms with Crippen molar-refractivity contribution in [1.82, 2.24) is 9.88 Å². The highest BCUT2D eigenvalue weighted by Crippen LogP contribution is 2.35. The molecule has 0 aliphatic carbocycles. The summed E-state index contributed by atoms with van der Waals surface area (Å²) in [7, 11) is -3.60. The average Bonchev–Trinajstić information content (AvgIpc) is 3.39. The Morgan fingerprint density at radius 2 is 1.43 bits per heavy atom. The summed E-state index contributed by atoms with van der Waals surface area (Å²) in [6.07, 6.45) is 1.01. The van der Waals surface area contributed by atoms with Gasteiger partial charge >= 0.3 is 0 Å². The number of ether oxygens (including phenoxy) is 2. The van der Waals surface area contributed by atoms with Gasteiger partial charge in [-0.15, -0.1) is 0 Å². The van der Waals surface area contributed by atoms with E-state index < -0.39 is 10.0 Å². The van der Waals surface area contributed by atoms with E-state index in [0.717, 1.165) is 45.1 Å². The summed E-state index contributed by atoms with van der Waals surface area (Å²) in [5, 5.41) is 5.34. The van der Waals surface area contributed by atoms with Crippen molar-refractivity contribution in [2.24, 2.45) is 0 Å². The summed E-state index contributed by atoms with van der Waals surface area (Å²) >= 11 is 5.85. The maximum Gasteiger partial charge on any atom is 0.246 e. The lowest BCUT2D eigenvalue weighted by Gasteiger charge is -2.13. The third-order valence-electron chi connectivity index (χ3n) is 7.76. The molecule has 0 bridgehead atoms. The van der Waals surface area contributed by atoms with Crippen molar-refractivity contribution in [3.8, 4) is 11.5 Å². The molecule has 0 amide bonds. The molecule has 0 atom stereocenters. The molecule has 0 unspecified atom stereocenters. The lowest BCUT2D eigenvalue weighted by atomic mass is 10.1. The first-order chi connectivity index (χ1) is 22.8. The van der Waals surface area contributed by atoms with Gasteiger partial charge in [0.25, 0.3) is 0 Å². The van der Waals surface area contributed by atoms with E-state index in [4.69, 9.17) is 21.3 Å². The third-order valence-corrected chi connectivity index (χ3v) is 9.50. The van der Waals surface area contributed by atoms with Gasteiger partial charge in [-0.1, -0.05) is 60.7 Å². The number of fused-ring (bicyclic) bond motifs is 3. The van der Waals surface area contributed by atoms with Gasteiger partial charge in [-0.25, -0.2) is 8.42 Å². The Kier molecular flexibility index (Phi) is 9.77. The largest absolute Gasteiger partial charge is 0.492 e. The van der Waals surface area contributed by atoms with Gasteiger partial charge in [-0.3, -0.25) is 4.79 Å². The average molecular weight is 668 g/mol. The number of hydrogen-bond acceptors (Lipinski definition) is 6. The van der Waals surface area contributed by atoms with Gasteiger partial charge < -0.3 is 19.4 Å². The first kappa shape index (κ1) is 32.1. The number of Topliss-reactive ketones (excluding diaryl/α,β-unsaturated/α-hetero) is 1. The van der Waals surface area contributed by atoms with Crippen molar-refractivity contribution in [3.63, 3.8) is 0 Å². The minimum atomic E-state index is -3.60. The number of anilines is 1. The molecular weight excluding hydrogens is 634 g/mol.